The molecule has 2 heterocycles. The van der Waals surface area contributed by atoms with Gasteiger partial charge in [0.25, 0.3) is 11.8 Å². The lowest BCUT2D eigenvalue weighted by atomic mass is 10.1. The van der Waals surface area contributed by atoms with Crippen LogP contribution >= 0.6 is 0 Å². The highest BCUT2D eigenvalue weighted by atomic mass is 19.1. The number of hydrogen-bond acceptors (Lipinski definition) is 8. The van der Waals surface area contributed by atoms with Crippen molar-refractivity contribution in [1.29, 1.82) is 0 Å². The van der Waals surface area contributed by atoms with Crippen LogP contribution in [-0.4, -0.2) is 55.6 Å². The van der Waals surface area contributed by atoms with E-state index in [1.165, 1.54) is 26.4 Å². The Balaban J connectivity index is 1.51. The molecule has 32 heavy (non-hydrogen) atoms. The molecule has 2 aromatic rings. The van der Waals surface area contributed by atoms with Gasteiger partial charge in [0.2, 0.25) is 5.91 Å². The molecule has 1 fully saturated rings. The summed E-state index contributed by atoms with van der Waals surface area (Å²) in [5, 5.41) is 10.9. The van der Waals surface area contributed by atoms with Crippen LogP contribution in [0.1, 0.15) is 0 Å². The van der Waals surface area contributed by atoms with Crippen molar-refractivity contribution in [3.8, 4) is 11.5 Å². The molecule has 0 spiro atoms. The molecule has 0 bridgehead atoms. The van der Waals surface area contributed by atoms with E-state index in [4.69, 9.17) is 9.47 Å². The van der Waals surface area contributed by atoms with Crippen LogP contribution in [0.5, 0.6) is 11.5 Å². The number of methoxy groups -OCH3 is 2. The molecule has 4 rings (SSSR count). The van der Waals surface area contributed by atoms with Gasteiger partial charge in [0.15, 0.2) is 23.6 Å². The maximum Gasteiger partial charge on any atom is 0.263 e. The molecule has 2 atom stereocenters. The zero-order valence-electron chi connectivity index (χ0n) is 16.9. The van der Waals surface area contributed by atoms with Crippen LogP contribution in [0.2, 0.25) is 0 Å². The van der Waals surface area contributed by atoms with E-state index in [0.29, 0.717) is 17.6 Å². The van der Waals surface area contributed by atoms with Crippen molar-refractivity contribution in [3.05, 3.63) is 48.0 Å². The average molecular weight is 445 g/mol. The van der Waals surface area contributed by atoms with E-state index in [1.54, 1.807) is 6.07 Å². The molecule has 0 unspecified atom stereocenters. The number of amides is 3. The highest BCUT2D eigenvalue weighted by Crippen LogP contribution is 2.36. The quantitative estimate of drug-likeness (QED) is 0.680. The number of ether oxygens (including phenoxy) is 2. The highest BCUT2D eigenvalue weighted by Gasteiger charge is 2.55. The first-order chi connectivity index (χ1) is 15.3. The van der Waals surface area contributed by atoms with Gasteiger partial charge in [-0.15, -0.1) is 0 Å². The second-order valence-corrected chi connectivity index (χ2v) is 6.92. The Bertz CT molecular complexity index is 1140. The van der Waals surface area contributed by atoms with Gasteiger partial charge in [-0.2, -0.15) is 5.11 Å². The molecule has 2 aliphatic heterocycles. The van der Waals surface area contributed by atoms with Gasteiger partial charge in [0.1, 0.15) is 18.2 Å². The van der Waals surface area contributed by atoms with E-state index in [9.17, 15) is 23.2 Å². The smallest absolute Gasteiger partial charge is 0.263 e. The largest absolute Gasteiger partial charge is 0.493 e. The molecule has 2 aliphatic rings. The van der Waals surface area contributed by atoms with Gasteiger partial charge in [-0.1, -0.05) is 5.22 Å². The van der Waals surface area contributed by atoms with Crippen molar-refractivity contribution < 1.29 is 32.6 Å². The normalized spacial score (nSPS) is 19.4. The Kier molecular flexibility index (Phi) is 5.43. The van der Waals surface area contributed by atoms with Crippen molar-refractivity contribution in [1.82, 2.24) is 5.01 Å². The molecule has 0 aliphatic carbocycles. The van der Waals surface area contributed by atoms with Gasteiger partial charge < -0.3 is 14.8 Å². The lowest BCUT2D eigenvalue weighted by Gasteiger charge is -2.20. The molecule has 2 aromatic carbocycles. The van der Waals surface area contributed by atoms with Gasteiger partial charge in [-0.25, -0.2) is 13.7 Å². The fraction of sp³-hybridized carbons (Fsp3) is 0.250. The van der Waals surface area contributed by atoms with Crippen LogP contribution in [0.15, 0.2) is 46.7 Å². The standard InChI is InChI=1S/C20H17F2N5O5/c1-31-14-6-4-11(8-15(14)32-2)27-19(29)17-18(20(27)30)26(25-24-17)9-16(28)23-13-5-3-10(21)7-12(13)22/h3-8,17-18H,9H2,1-2H3,(H,23,28)/t17-,18+/m0/s1. The fourth-order valence-electron chi connectivity index (χ4n) is 3.50. The molecule has 1 saturated heterocycles. The Labute approximate surface area is 180 Å². The molecular weight excluding hydrogens is 428 g/mol. The summed E-state index contributed by atoms with van der Waals surface area (Å²) in [5.41, 5.74) is 0.0184. The molecule has 0 saturated carbocycles. The van der Waals surface area contributed by atoms with Crippen LogP contribution in [-0.2, 0) is 14.4 Å². The third-order valence-electron chi connectivity index (χ3n) is 4.99. The summed E-state index contributed by atoms with van der Waals surface area (Å²) in [6.45, 7) is -0.472. The van der Waals surface area contributed by atoms with E-state index < -0.39 is 48.0 Å². The van der Waals surface area contributed by atoms with Gasteiger partial charge in [-0.05, 0) is 24.3 Å². The minimum Gasteiger partial charge on any atom is -0.493 e. The molecule has 3 amide bonds. The third-order valence-corrected chi connectivity index (χ3v) is 4.99. The number of anilines is 2. The summed E-state index contributed by atoms with van der Waals surface area (Å²) in [7, 11) is 2.87. The number of imide groups is 1. The van der Waals surface area contributed by atoms with Gasteiger partial charge in [-0.3, -0.25) is 19.4 Å². The van der Waals surface area contributed by atoms with Crippen molar-refractivity contribution >= 4 is 29.1 Å². The summed E-state index contributed by atoms with van der Waals surface area (Å²) in [6.07, 6.45) is 0. The topological polar surface area (TPSA) is 113 Å². The Hall–Kier alpha value is -4.09. The number of nitrogens with zero attached hydrogens (tertiary/aromatic N) is 4. The third kappa shape index (κ3) is 3.59. The summed E-state index contributed by atoms with van der Waals surface area (Å²) < 4.78 is 37.2. The number of nitrogens with one attached hydrogen (secondary N) is 1. The van der Waals surface area contributed by atoms with E-state index in [2.05, 4.69) is 15.7 Å². The summed E-state index contributed by atoms with van der Waals surface area (Å²) in [6, 6.07) is 4.98. The Morgan fingerprint density at radius 3 is 2.50 bits per heavy atom. The number of benzene rings is 2. The summed E-state index contributed by atoms with van der Waals surface area (Å²) in [4.78, 5) is 39.1. The zero-order valence-corrected chi connectivity index (χ0v) is 16.9. The van der Waals surface area contributed by atoms with Crippen LogP contribution < -0.4 is 19.7 Å². The van der Waals surface area contributed by atoms with Gasteiger partial charge in [0, 0.05) is 12.1 Å². The molecule has 1 N–H and O–H groups in total. The highest BCUT2D eigenvalue weighted by molar-refractivity contribution is 6.25. The lowest BCUT2D eigenvalue weighted by molar-refractivity contribution is -0.123. The number of carbonyl (C=O) groups excluding carboxylic acids is 3. The minimum absolute atomic E-state index is 0.232. The molecular formula is C20H17F2N5O5. The number of hydrogen-bond donors (Lipinski definition) is 1. The summed E-state index contributed by atoms with van der Waals surface area (Å²) >= 11 is 0. The maximum absolute atomic E-state index is 13.8. The van der Waals surface area contributed by atoms with Crippen LogP contribution in [0, 0.1) is 11.6 Å². The van der Waals surface area contributed by atoms with Gasteiger partial charge >= 0.3 is 0 Å². The second kappa shape index (κ2) is 8.21. The Morgan fingerprint density at radius 2 is 1.81 bits per heavy atom. The first-order valence-corrected chi connectivity index (χ1v) is 9.36. The van der Waals surface area contributed by atoms with E-state index in [-0.39, 0.29) is 11.4 Å². The fourth-order valence-corrected chi connectivity index (χ4v) is 3.50. The van der Waals surface area contributed by atoms with Crippen molar-refractivity contribution in [2.24, 2.45) is 10.3 Å². The first kappa shape index (κ1) is 21.2. The monoisotopic (exact) mass is 445 g/mol. The SMILES string of the molecule is COc1ccc(N2C(=O)[C@H]3N=NN(CC(=O)Nc4ccc(F)cc4F)[C@H]3C2=O)cc1OC. The van der Waals surface area contributed by atoms with E-state index in [0.717, 1.165) is 22.0 Å². The van der Waals surface area contributed by atoms with Crippen molar-refractivity contribution in [2.45, 2.75) is 12.1 Å². The van der Waals surface area contributed by atoms with Crippen LogP contribution in [0.3, 0.4) is 0 Å². The van der Waals surface area contributed by atoms with Crippen LogP contribution in [0.25, 0.3) is 0 Å². The molecule has 12 heteroatoms. The predicted octanol–water partition coefficient (Wildman–Crippen LogP) is 1.91. The molecule has 166 valence electrons. The van der Waals surface area contributed by atoms with Gasteiger partial charge in [0.05, 0.1) is 25.6 Å². The average Bonchev–Trinajstić information content (AvgIpc) is 3.29. The molecule has 10 nitrogen and oxygen atoms in total. The van der Waals surface area contributed by atoms with Crippen molar-refractivity contribution in [2.75, 3.05) is 31.0 Å². The van der Waals surface area contributed by atoms with Crippen LogP contribution in [0.4, 0.5) is 20.2 Å². The van der Waals surface area contributed by atoms with Crippen molar-refractivity contribution in [3.63, 3.8) is 0 Å². The second-order valence-electron chi connectivity index (χ2n) is 6.92. The Morgan fingerprint density at radius 1 is 1.06 bits per heavy atom. The van der Waals surface area contributed by atoms with E-state index in [1.807, 2.05) is 0 Å². The van der Waals surface area contributed by atoms with E-state index >= 15 is 0 Å². The lowest BCUT2D eigenvalue weighted by Crippen LogP contribution is -2.43. The maximum atomic E-state index is 13.8. The number of carbonyl (C=O) groups is 3. The molecule has 0 radical (unpaired) electrons. The predicted molar refractivity (Wildman–Crippen MR) is 106 cm³/mol. The molecule has 0 aromatic heterocycles. The number of fused-ring (bicyclic) bond motifs is 1. The minimum atomic E-state index is -1.13. The first-order valence-electron chi connectivity index (χ1n) is 9.36. The zero-order chi connectivity index (χ0) is 23.0. The summed E-state index contributed by atoms with van der Waals surface area (Å²) in [5.74, 6) is -2.96. The number of halogens is 2. The number of rotatable bonds is 6.